The van der Waals surface area contributed by atoms with E-state index in [-0.39, 0.29) is 13.0 Å². The Morgan fingerprint density at radius 3 is 1.63 bits per heavy atom. The molecule has 2 heteroatoms. The lowest BCUT2D eigenvalue weighted by Crippen LogP contribution is -2.19. The molecular formula is C17H40O2. The van der Waals surface area contributed by atoms with Crippen LogP contribution in [0.15, 0.2) is 0 Å². The van der Waals surface area contributed by atoms with Gasteiger partial charge in [0.25, 0.3) is 0 Å². The van der Waals surface area contributed by atoms with Crippen LogP contribution >= 0.6 is 0 Å². The normalized spacial score (nSPS) is 11.4. The highest BCUT2D eigenvalue weighted by atomic mass is 16.5. The lowest BCUT2D eigenvalue weighted by molar-refractivity contribution is -0.00415. The smallest absolute Gasteiger partial charge is 0.0598 e. The molecule has 0 atom stereocenters. The van der Waals surface area contributed by atoms with Crippen LogP contribution < -0.4 is 0 Å². The van der Waals surface area contributed by atoms with E-state index in [9.17, 15) is 0 Å². The zero-order valence-corrected chi connectivity index (χ0v) is 14.1. The summed E-state index contributed by atoms with van der Waals surface area (Å²) in [5.74, 6) is 0. The van der Waals surface area contributed by atoms with Gasteiger partial charge in [-0.3, -0.25) is 0 Å². The summed E-state index contributed by atoms with van der Waals surface area (Å²) in [7, 11) is 0. The van der Waals surface area contributed by atoms with E-state index in [4.69, 9.17) is 9.47 Å². The SMILES string of the molecule is C.CCCCOC(C)(C)C.CCCOCC(C)(C)C. The van der Waals surface area contributed by atoms with Crippen molar-refractivity contribution in [3.63, 3.8) is 0 Å². The van der Waals surface area contributed by atoms with Gasteiger partial charge in [0.05, 0.1) is 12.2 Å². The molecule has 0 spiro atoms. The Labute approximate surface area is 123 Å². The molecule has 0 unspecified atom stereocenters. The minimum absolute atomic E-state index is 0. The van der Waals surface area contributed by atoms with Crippen LogP contribution in [-0.2, 0) is 9.47 Å². The third-order valence-corrected chi connectivity index (χ3v) is 1.92. The molecule has 0 aliphatic rings. The van der Waals surface area contributed by atoms with Crippen LogP contribution in [0.3, 0.4) is 0 Å². The fraction of sp³-hybridized carbons (Fsp3) is 1.00. The highest BCUT2D eigenvalue weighted by Crippen LogP contribution is 2.12. The summed E-state index contributed by atoms with van der Waals surface area (Å²) in [5.41, 5.74) is 0.379. The van der Waals surface area contributed by atoms with Crippen molar-refractivity contribution in [2.24, 2.45) is 5.41 Å². The first-order chi connectivity index (χ1) is 8.12. The van der Waals surface area contributed by atoms with E-state index < -0.39 is 0 Å². The van der Waals surface area contributed by atoms with Crippen LogP contribution in [0.5, 0.6) is 0 Å². The first-order valence-corrected chi connectivity index (χ1v) is 7.34. The van der Waals surface area contributed by atoms with Crippen molar-refractivity contribution < 1.29 is 9.47 Å². The fourth-order valence-corrected chi connectivity index (χ4v) is 1.05. The van der Waals surface area contributed by atoms with Crippen molar-refractivity contribution >= 4 is 0 Å². The molecule has 0 aliphatic carbocycles. The first-order valence-electron chi connectivity index (χ1n) is 7.34. The number of rotatable bonds is 6. The molecule has 0 amide bonds. The Morgan fingerprint density at radius 2 is 1.32 bits per heavy atom. The second kappa shape index (κ2) is 12.9. The number of hydrogen-bond donors (Lipinski definition) is 0. The summed E-state index contributed by atoms with van der Waals surface area (Å²) in [6, 6.07) is 0. The summed E-state index contributed by atoms with van der Waals surface area (Å²) in [6.45, 7) is 19.8. The maximum absolute atomic E-state index is 5.47. The first kappa shape index (κ1) is 24.0. The van der Waals surface area contributed by atoms with E-state index >= 15 is 0 Å². The Bertz CT molecular complexity index is 143. The zero-order valence-electron chi connectivity index (χ0n) is 14.1. The Balaban J connectivity index is -0.000000256. The van der Waals surface area contributed by atoms with Crippen molar-refractivity contribution in [3.8, 4) is 0 Å². The molecule has 0 rings (SSSR count). The number of unbranched alkanes of at least 4 members (excludes halogenated alkanes) is 1. The van der Waals surface area contributed by atoms with Crippen LogP contribution in [0.2, 0.25) is 0 Å². The molecule has 0 saturated heterocycles. The van der Waals surface area contributed by atoms with Crippen molar-refractivity contribution in [2.75, 3.05) is 19.8 Å². The van der Waals surface area contributed by atoms with E-state index in [2.05, 4.69) is 55.4 Å². The summed E-state index contributed by atoms with van der Waals surface area (Å²) >= 11 is 0. The Morgan fingerprint density at radius 1 is 0.789 bits per heavy atom. The molecule has 0 aliphatic heterocycles. The molecule has 19 heavy (non-hydrogen) atoms. The van der Waals surface area contributed by atoms with Crippen molar-refractivity contribution in [2.45, 2.75) is 87.7 Å². The molecule has 0 saturated carbocycles. The maximum atomic E-state index is 5.47. The van der Waals surface area contributed by atoms with Crippen LogP contribution in [0.4, 0.5) is 0 Å². The Kier molecular flexibility index (Phi) is 16.3. The topological polar surface area (TPSA) is 18.5 Å². The van der Waals surface area contributed by atoms with Crippen LogP contribution in [0.1, 0.15) is 82.1 Å². The number of ether oxygens (including phenoxy) is 2. The van der Waals surface area contributed by atoms with Gasteiger partial charge in [-0.2, -0.15) is 0 Å². The minimum Gasteiger partial charge on any atom is -0.381 e. The summed E-state index contributed by atoms with van der Waals surface area (Å²) < 4.78 is 10.8. The van der Waals surface area contributed by atoms with Gasteiger partial charge in [0.1, 0.15) is 0 Å². The van der Waals surface area contributed by atoms with Gasteiger partial charge in [-0.1, -0.05) is 48.5 Å². The molecular weight excluding hydrogens is 236 g/mol. The van der Waals surface area contributed by atoms with Gasteiger partial charge in [-0.25, -0.2) is 0 Å². The molecule has 0 aromatic rings. The van der Waals surface area contributed by atoms with Crippen LogP contribution in [0, 0.1) is 5.41 Å². The van der Waals surface area contributed by atoms with Gasteiger partial charge in [0, 0.05) is 13.2 Å². The van der Waals surface area contributed by atoms with E-state index in [0.29, 0.717) is 5.41 Å². The van der Waals surface area contributed by atoms with Gasteiger partial charge < -0.3 is 9.47 Å². The van der Waals surface area contributed by atoms with Crippen LogP contribution in [-0.4, -0.2) is 25.4 Å². The minimum atomic E-state index is 0. The fourth-order valence-electron chi connectivity index (χ4n) is 1.05. The van der Waals surface area contributed by atoms with Gasteiger partial charge in [-0.15, -0.1) is 0 Å². The average Bonchev–Trinajstić information content (AvgIpc) is 2.16. The third-order valence-electron chi connectivity index (χ3n) is 1.92. The molecule has 0 bridgehead atoms. The molecule has 120 valence electrons. The van der Waals surface area contributed by atoms with E-state index in [1.54, 1.807) is 0 Å². The highest BCUT2D eigenvalue weighted by molar-refractivity contribution is 4.58. The van der Waals surface area contributed by atoms with Crippen LogP contribution in [0.25, 0.3) is 0 Å². The maximum Gasteiger partial charge on any atom is 0.0598 e. The molecule has 2 nitrogen and oxygen atoms in total. The Hall–Kier alpha value is -0.0800. The van der Waals surface area contributed by atoms with Crippen molar-refractivity contribution in [3.05, 3.63) is 0 Å². The molecule has 0 aromatic heterocycles. The second-order valence-corrected chi connectivity index (χ2v) is 6.93. The lowest BCUT2D eigenvalue weighted by atomic mass is 9.99. The van der Waals surface area contributed by atoms with Gasteiger partial charge >= 0.3 is 0 Å². The molecule has 0 aromatic carbocycles. The molecule has 0 fully saturated rings. The second-order valence-electron chi connectivity index (χ2n) is 6.93. The summed E-state index contributed by atoms with van der Waals surface area (Å²) in [4.78, 5) is 0. The predicted octanol–water partition coefficient (Wildman–Crippen LogP) is 5.70. The van der Waals surface area contributed by atoms with E-state index in [1.807, 2.05) is 0 Å². The van der Waals surface area contributed by atoms with Crippen molar-refractivity contribution in [1.29, 1.82) is 0 Å². The average molecular weight is 277 g/mol. The van der Waals surface area contributed by atoms with Gasteiger partial charge in [-0.05, 0) is 39.0 Å². The van der Waals surface area contributed by atoms with E-state index in [1.165, 1.54) is 12.8 Å². The van der Waals surface area contributed by atoms with Gasteiger partial charge in [0.15, 0.2) is 0 Å². The number of hydrogen-bond acceptors (Lipinski definition) is 2. The van der Waals surface area contributed by atoms with E-state index in [0.717, 1.165) is 26.2 Å². The largest absolute Gasteiger partial charge is 0.381 e. The third kappa shape index (κ3) is 32.0. The molecule has 0 heterocycles. The zero-order chi connectivity index (χ0) is 14.7. The molecule has 0 radical (unpaired) electrons. The summed E-state index contributed by atoms with van der Waals surface area (Å²) in [6.07, 6.45) is 3.52. The predicted molar refractivity (Wildman–Crippen MR) is 87.9 cm³/mol. The monoisotopic (exact) mass is 276 g/mol. The molecule has 0 N–H and O–H groups in total. The quantitative estimate of drug-likeness (QED) is 0.580. The standard InChI is InChI=1S/2C8H18O.CH4/c1-5-6-9-7-8(2,3)4;1-5-6-7-9-8(2,3)4;/h2*5-7H2,1-4H3;1H4. The van der Waals surface area contributed by atoms with Gasteiger partial charge in [0.2, 0.25) is 0 Å². The lowest BCUT2D eigenvalue weighted by Gasteiger charge is -2.18. The van der Waals surface area contributed by atoms with Crippen molar-refractivity contribution in [1.82, 2.24) is 0 Å². The summed E-state index contributed by atoms with van der Waals surface area (Å²) in [5, 5.41) is 0. The highest BCUT2D eigenvalue weighted by Gasteiger charge is 2.08.